The van der Waals surface area contributed by atoms with Crippen LogP contribution in [0.3, 0.4) is 0 Å². The summed E-state index contributed by atoms with van der Waals surface area (Å²) < 4.78 is 1.82. The lowest BCUT2D eigenvalue weighted by atomic mass is 10.2. The summed E-state index contributed by atoms with van der Waals surface area (Å²) in [5.41, 5.74) is 9.81. The molecule has 1 atom stereocenters. The number of aryl methyl sites for hydroxylation is 1. The van der Waals surface area contributed by atoms with Crippen LogP contribution >= 0.6 is 0 Å². The molecule has 25 heavy (non-hydrogen) atoms. The van der Waals surface area contributed by atoms with Gasteiger partial charge in [-0.05, 0) is 19.4 Å². The van der Waals surface area contributed by atoms with Crippen molar-refractivity contribution in [1.82, 2.24) is 19.6 Å². The first-order valence-electron chi connectivity index (χ1n) is 8.99. The van der Waals surface area contributed by atoms with E-state index in [4.69, 9.17) is 5.73 Å². The van der Waals surface area contributed by atoms with Gasteiger partial charge in [-0.15, -0.1) is 0 Å². The van der Waals surface area contributed by atoms with Crippen molar-refractivity contribution in [1.29, 1.82) is 0 Å². The van der Waals surface area contributed by atoms with Crippen LogP contribution in [0.15, 0.2) is 30.3 Å². The molecule has 1 aliphatic rings. The van der Waals surface area contributed by atoms with Gasteiger partial charge in [-0.25, -0.2) is 0 Å². The zero-order valence-corrected chi connectivity index (χ0v) is 15.2. The monoisotopic (exact) mass is 343 g/mol. The van der Waals surface area contributed by atoms with E-state index in [1.54, 1.807) is 0 Å². The molecule has 2 heterocycles. The Hall–Kier alpha value is -1.89. The third kappa shape index (κ3) is 4.60. The molecule has 0 saturated carbocycles. The molecule has 3 rings (SSSR count). The number of aliphatic hydroxyl groups excluding tert-OH is 1. The van der Waals surface area contributed by atoms with Gasteiger partial charge >= 0.3 is 0 Å². The molecule has 1 unspecified atom stereocenters. The number of aliphatic hydroxyl groups is 1. The largest absolute Gasteiger partial charge is 0.396 e. The zero-order valence-electron chi connectivity index (χ0n) is 15.2. The van der Waals surface area contributed by atoms with Crippen LogP contribution in [0.2, 0.25) is 0 Å². The van der Waals surface area contributed by atoms with Crippen molar-refractivity contribution in [3.05, 3.63) is 47.3 Å². The van der Waals surface area contributed by atoms with Crippen LogP contribution in [0.1, 0.15) is 17.0 Å². The Kier molecular flexibility index (Phi) is 5.73. The van der Waals surface area contributed by atoms with Gasteiger partial charge in [0, 0.05) is 39.3 Å². The van der Waals surface area contributed by atoms with Crippen LogP contribution in [0.25, 0.3) is 0 Å². The summed E-state index contributed by atoms with van der Waals surface area (Å²) in [5.74, 6) is 0. The normalized spacial score (nSPS) is 17.7. The summed E-state index contributed by atoms with van der Waals surface area (Å²) in [4.78, 5) is 4.81. The molecule has 0 amide bonds. The number of aromatic nitrogens is 2. The van der Waals surface area contributed by atoms with E-state index in [1.165, 1.54) is 5.56 Å². The van der Waals surface area contributed by atoms with Crippen molar-refractivity contribution < 1.29 is 5.11 Å². The predicted octanol–water partition coefficient (Wildman–Crippen LogP) is 1.26. The third-order valence-electron chi connectivity index (χ3n) is 5.00. The summed E-state index contributed by atoms with van der Waals surface area (Å²) in [7, 11) is 0. The molecule has 0 bridgehead atoms. The van der Waals surface area contributed by atoms with E-state index in [9.17, 15) is 5.11 Å². The number of hydrogen-bond acceptors (Lipinski definition) is 5. The van der Waals surface area contributed by atoms with Gasteiger partial charge in [0.2, 0.25) is 0 Å². The van der Waals surface area contributed by atoms with Gasteiger partial charge in [-0.2, -0.15) is 5.10 Å². The number of hydrogen-bond donors (Lipinski definition) is 2. The van der Waals surface area contributed by atoms with Crippen LogP contribution in [-0.2, 0) is 13.1 Å². The van der Waals surface area contributed by atoms with Crippen LogP contribution in [0, 0.1) is 13.8 Å². The van der Waals surface area contributed by atoms with Crippen molar-refractivity contribution in [3.63, 3.8) is 0 Å². The minimum absolute atomic E-state index is 0.432. The van der Waals surface area contributed by atoms with Gasteiger partial charge in [0.1, 0.15) is 0 Å². The van der Waals surface area contributed by atoms with E-state index < -0.39 is 6.10 Å². The maximum atomic E-state index is 10.4. The van der Waals surface area contributed by atoms with Crippen molar-refractivity contribution in [2.24, 2.45) is 0 Å². The molecular weight excluding hydrogens is 314 g/mol. The van der Waals surface area contributed by atoms with E-state index in [0.29, 0.717) is 13.1 Å². The van der Waals surface area contributed by atoms with E-state index in [2.05, 4.69) is 45.2 Å². The van der Waals surface area contributed by atoms with E-state index in [0.717, 1.165) is 49.8 Å². The average molecular weight is 343 g/mol. The number of nitrogens with zero attached hydrogens (tertiary/aromatic N) is 4. The Balaban J connectivity index is 1.44. The SMILES string of the molecule is Cc1nn(CC(O)CN2CCN(Cc3ccccc3)CC2)c(C)c1N. The number of nitrogen functional groups attached to an aromatic ring is 1. The fourth-order valence-electron chi connectivity index (χ4n) is 3.42. The number of rotatable bonds is 6. The topological polar surface area (TPSA) is 70.5 Å². The van der Waals surface area contributed by atoms with E-state index in [-0.39, 0.29) is 0 Å². The molecule has 1 aliphatic heterocycles. The summed E-state index contributed by atoms with van der Waals surface area (Å²) >= 11 is 0. The van der Waals surface area contributed by atoms with Crippen LogP contribution < -0.4 is 5.73 Å². The first kappa shape index (κ1) is 17.9. The summed E-state index contributed by atoms with van der Waals surface area (Å²) in [5, 5.41) is 14.8. The molecule has 1 aromatic carbocycles. The lowest BCUT2D eigenvalue weighted by Gasteiger charge is -2.35. The Morgan fingerprint density at radius 2 is 1.68 bits per heavy atom. The fourth-order valence-corrected chi connectivity index (χ4v) is 3.42. The lowest BCUT2D eigenvalue weighted by Crippen LogP contribution is -2.48. The van der Waals surface area contributed by atoms with Crippen LogP contribution in [0.5, 0.6) is 0 Å². The molecule has 6 heteroatoms. The van der Waals surface area contributed by atoms with Gasteiger partial charge in [0.15, 0.2) is 0 Å². The van der Waals surface area contributed by atoms with Gasteiger partial charge in [-0.3, -0.25) is 14.5 Å². The van der Waals surface area contributed by atoms with Gasteiger partial charge in [0.25, 0.3) is 0 Å². The number of nitrogens with two attached hydrogens (primary N) is 1. The molecule has 0 aliphatic carbocycles. The first-order chi connectivity index (χ1) is 12.0. The lowest BCUT2D eigenvalue weighted by molar-refractivity contribution is 0.0602. The molecule has 1 saturated heterocycles. The van der Waals surface area contributed by atoms with Crippen molar-refractivity contribution in [2.45, 2.75) is 33.0 Å². The Morgan fingerprint density at radius 3 is 2.28 bits per heavy atom. The Morgan fingerprint density at radius 1 is 1.04 bits per heavy atom. The van der Waals surface area contributed by atoms with Crippen LogP contribution in [-0.4, -0.2) is 63.5 Å². The Bertz CT molecular complexity index is 677. The summed E-state index contributed by atoms with van der Waals surface area (Å²) in [6.07, 6.45) is -0.432. The van der Waals surface area contributed by atoms with E-state index >= 15 is 0 Å². The summed E-state index contributed by atoms with van der Waals surface area (Å²) in [6.45, 7) is 10.1. The third-order valence-corrected chi connectivity index (χ3v) is 5.00. The molecule has 0 spiro atoms. The highest BCUT2D eigenvalue weighted by atomic mass is 16.3. The average Bonchev–Trinajstić information content (AvgIpc) is 2.84. The predicted molar refractivity (Wildman–Crippen MR) is 100 cm³/mol. The molecular formula is C19H29N5O. The highest BCUT2D eigenvalue weighted by Crippen LogP contribution is 2.15. The maximum absolute atomic E-state index is 10.4. The van der Waals surface area contributed by atoms with Crippen molar-refractivity contribution in [2.75, 3.05) is 38.5 Å². The second-order valence-corrected chi connectivity index (χ2v) is 6.98. The standard InChI is InChI=1S/C19H29N5O/c1-15-19(20)16(2)24(21-15)14-18(25)13-23-10-8-22(9-11-23)12-17-6-4-3-5-7-17/h3-7,18,25H,8-14,20H2,1-2H3. The van der Waals surface area contributed by atoms with Gasteiger partial charge < -0.3 is 10.8 Å². The van der Waals surface area contributed by atoms with Crippen molar-refractivity contribution in [3.8, 4) is 0 Å². The van der Waals surface area contributed by atoms with E-state index in [1.807, 2.05) is 18.5 Å². The molecule has 1 fully saturated rings. The molecule has 136 valence electrons. The quantitative estimate of drug-likeness (QED) is 0.826. The first-order valence-corrected chi connectivity index (χ1v) is 8.99. The minimum Gasteiger partial charge on any atom is -0.396 e. The smallest absolute Gasteiger partial charge is 0.0862 e. The number of piperazine rings is 1. The second kappa shape index (κ2) is 7.99. The minimum atomic E-state index is -0.432. The van der Waals surface area contributed by atoms with Crippen molar-refractivity contribution >= 4 is 5.69 Å². The zero-order chi connectivity index (χ0) is 17.8. The highest BCUT2D eigenvalue weighted by molar-refractivity contribution is 5.46. The van der Waals surface area contributed by atoms with Gasteiger partial charge in [-0.1, -0.05) is 30.3 Å². The number of β-amino-alcohol motifs (C(OH)–C–C–N with tert-alkyl or cyclic N) is 1. The Labute approximate surface area is 149 Å². The highest BCUT2D eigenvalue weighted by Gasteiger charge is 2.20. The molecule has 6 nitrogen and oxygen atoms in total. The fraction of sp³-hybridized carbons (Fsp3) is 0.526. The van der Waals surface area contributed by atoms with Gasteiger partial charge in [0.05, 0.1) is 29.7 Å². The number of anilines is 1. The van der Waals surface area contributed by atoms with Crippen LogP contribution in [0.4, 0.5) is 5.69 Å². The summed E-state index contributed by atoms with van der Waals surface area (Å²) in [6, 6.07) is 10.6. The molecule has 3 N–H and O–H groups in total. The molecule has 1 aromatic heterocycles. The second-order valence-electron chi connectivity index (χ2n) is 6.98. The molecule has 0 radical (unpaired) electrons. The maximum Gasteiger partial charge on any atom is 0.0862 e. The molecule has 2 aromatic rings. The number of benzene rings is 1.